The van der Waals surface area contributed by atoms with E-state index in [2.05, 4.69) is 12.1 Å². The Morgan fingerprint density at radius 2 is 1.68 bits per heavy atom. The number of ether oxygens (including phenoxy) is 2. The highest BCUT2D eigenvalue weighted by Crippen LogP contribution is 2.17. The van der Waals surface area contributed by atoms with Crippen LogP contribution < -0.4 is 9.47 Å². The van der Waals surface area contributed by atoms with Crippen LogP contribution in [0.15, 0.2) is 53.7 Å². The molecule has 2 aromatic rings. The van der Waals surface area contributed by atoms with Crippen molar-refractivity contribution in [1.29, 1.82) is 0 Å². The Hall–Kier alpha value is -2.82. The molecule has 0 heterocycles. The molecule has 0 spiro atoms. The number of hydrogen-bond acceptors (Lipinski definition) is 5. The summed E-state index contributed by atoms with van der Waals surface area (Å²) in [7, 11) is 0. The Morgan fingerprint density at radius 3 is 2.32 bits per heavy atom. The molecule has 5 nitrogen and oxygen atoms in total. The van der Waals surface area contributed by atoms with Crippen molar-refractivity contribution < 1.29 is 19.5 Å². The van der Waals surface area contributed by atoms with Gasteiger partial charge in [0.05, 0.1) is 18.4 Å². The molecule has 25 heavy (non-hydrogen) atoms. The summed E-state index contributed by atoms with van der Waals surface area (Å²) in [5, 5.41) is 11.4. The maximum Gasteiger partial charge on any atom is 0.343 e. The normalized spacial score (nSPS) is 10.8. The van der Waals surface area contributed by atoms with Crippen LogP contribution in [0.25, 0.3) is 0 Å². The minimum atomic E-state index is -0.432. The molecule has 0 aliphatic carbocycles. The first kappa shape index (κ1) is 18.5. The fourth-order valence-electron chi connectivity index (χ4n) is 2.26. The molecular weight excluding hydrogens is 318 g/mol. The highest BCUT2D eigenvalue weighted by atomic mass is 16.5. The number of carbonyl (C=O) groups excluding carboxylic acids is 1. The summed E-state index contributed by atoms with van der Waals surface area (Å²) < 4.78 is 11.0. The number of carbonyl (C=O) groups is 1. The molecule has 0 fully saturated rings. The van der Waals surface area contributed by atoms with Gasteiger partial charge in [-0.15, -0.1) is 0 Å². The number of benzene rings is 2. The predicted molar refractivity (Wildman–Crippen MR) is 96.9 cm³/mol. The Morgan fingerprint density at radius 1 is 1.00 bits per heavy atom. The zero-order valence-electron chi connectivity index (χ0n) is 14.4. The van der Waals surface area contributed by atoms with E-state index in [-0.39, 0.29) is 0 Å². The van der Waals surface area contributed by atoms with Crippen molar-refractivity contribution in [3.8, 4) is 11.5 Å². The van der Waals surface area contributed by atoms with Crippen molar-refractivity contribution in [3.05, 3.63) is 59.7 Å². The van der Waals surface area contributed by atoms with Gasteiger partial charge >= 0.3 is 5.97 Å². The zero-order valence-corrected chi connectivity index (χ0v) is 14.4. The average molecular weight is 341 g/mol. The molecular formula is C20H23NO4. The van der Waals surface area contributed by atoms with E-state index in [0.717, 1.165) is 12.2 Å². The van der Waals surface area contributed by atoms with Crippen molar-refractivity contribution in [2.45, 2.75) is 32.6 Å². The molecule has 0 saturated carbocycles. The summed E-state index contributed by atoms with van der Waals surface area (Å²) >= 11 is 0. The monoisotopic (exact) mass is 341 g/mol. The van der Waals surface area contributed by atoms with Gasteiger partial charge in [-0.05, 0) is 60.5 Å². The van der Waals surface area contributed by atoms with Crippen LogP contribution in [0.3, 0.4) is 0 Å². The molecule has 0 radical (unpaired) electrons. The van der Waals surface area contributed by atoms with Crippen LogP contribution in [-0.2, 0) is 0 Å². The van der Waals surface area contributed by atoms with Crippen LogP contribution in [0.1, 0.15) is 48.5 Å². The van der Waals surface area contributed by atoms with Crippen LogP contribution in [-0.4, -0.2) is 24.0 Å². The van der Waals surface area contributed by atoms with Crippen LogP contribution in [0.5, 0.6) is 11.5 Å². The topological polar surface area (TPSA) is 68.1 Å². The van der Waals surface area contributed by atoms with E-state index in [1.165, 1.54) is 25.5 Å². The zero-order chi connectivity index (χ0) is 17.9. The number of unbranched alkanes of at least 4 members (excludes halogenated alkanes) is 3. The summed E-state index contributed by atoms with van der Waals surface area (Å²) in [6.07, 6.45) is 5.93. The average Bonchev–Trinajstić information content (AvgIpc) is 2.64. The van der Waals surface area contributed by atoms with Crippen molar-refractivity contribution in [1.82, 2.24) is 0 Å². The van der Waals surface area contributed by atoms with Gasteiger partial charge in [-0.25, -0.2) is 4.79 Å². The predicted octanol–water partition coefficient (Wildman–Crippen LogP) is 4.67. The van der Waals surface area contributed by atoms with Crippen molar-refractivity contribution >= 4 is 12.2 Å². The van der Waals surface area contributed by atoms with Gasteiger partial charge in [0, 0.05) is 0 Å². The third-order valence-electron chi connectivity index (χ3n) is 3.65. The molecule has 132 valence electrons. The summed E-state index contributed by atoms with van der Waals surface area (Å²) in [5.41, 5.74) is 1.17. The lowest BCUT2D eigenvalue weighted by molar-refractivity contribution is 0.0734. The molecule has 0 amide bonds. The van der Waals surface area contributed by atoms with Gasteiger partial charge in [0.25, 0.3) is 0 Å². The fraction of sp³-hybridized carbons (Fsp3) is 0.300. The van der Waals surface area contributed by atoms with Crippen molar-refractivity contribution in [3.63, 3.8) is 0 Å². The largest absolute Gasteiger partial charge is 0.494 e. The molecule has 1 N–H and O–H groups in total. The second kappa shape index (κ2) is 10.1. The number of rotatable bonds is 9. The first-order valence-electron chi connectivity index (χ1n) is 8.45. The molecule has 0 aromatic heterocycles. The maximum absolute atomic E-state index is 12.1. The number of esters is 1. The van der Waals surface area contributed by atoms with E-state index in [1.54, 1.807) is 48.5 Å². The van der Waals surface area contributed by atoms with Crippen LogP contribution in [0, 0.1) is 0 Å². The van der Waals surface area contributed by atoms with E-state index in [9.17, 15) is 4.79 Å². The molecule has 0 bridgehead atoms. The third kappa shape index (κ3) is 6.30. The van der Waals surface area contributed by atoms with E-state index in [4.69, 9.17) is 14.7 Å². The van der Waals surface area contributed by atoms with Gasteiger partial charge in [0.2, 0.25) is 0 Å². The number of oxime groups is 1. The molecule has 0 aliphatic rings. The highest BCUT2D eigenvalue weighted by molar-refractivity contribution is 5.91. The molecule has 0 atom stereocenters. The molecule has 0 aliphatic heterocycles. The number of nitrogens with zero attached hydrogens (tertiary/aromatic N) is 1. The summed E-state index contributed by atoms with van der Waals surface area (Å²) in [6.45, 7) is 2.86. The second-order valence-corrected chi connectivity index (χ2v) is 5.64. The first-order chi connectivity index (χ1) is 12.2. The van der Waals surface area contributed by atoms with E-state index >= 15 is 0 Å². The van der Waals surface area contributed by atoms with Gasteiger partial charge in [0.1, 0.15) is 11.5 Å². The SMILES string of the molecule is CCCCCCOc1ccc(C(=O)Oc2ccc(/C=N/O)cc2)cc1. The maximum atomic E-state index is 12.1. The Bertz CT molecular complexity index is 678. The smallest absolute Gasteiger partial charge is 0.343 e. The quantitative estimate of drug-likeness (QED) is 0.180. The highest BCUT2D eigenvalue weighted by Gasteiger charge is 2.08. The molecule has 2 rings (SSSR count). The molecule has 2 aromatic carbocycles. The minimum absolute atomic E-state index is 0.427. The summed E-state index contributed by atoms with van der Waals surface area (Å²) in [4.78, 5) is 12.1. The van der Waals surface area contributed by atoms with Gasteiger partial charge in [-0.2, -0.15) is 0 Å². The molecule has 0 saturated heterocycles. The van der Waals surface area contributed by atoms with Gasteiger partial charge < -0.3 is 14.7 Å². The standard InChI is InChI=1S/C20H23NO4/c1-2-3-4-5-14-24-18-12-8-17(9-13-18)20(22)25-19-10-6-16(7-11-19)15-21-23/h6-13,15,23H,2-5,14H2,1H3/b21-15+. The second-order valence-electron chi connectivity index (χ2n) is 5.64. The van der Waals surface area contributed by atoms with Crippen molar-refractivity contribution in [2.75, 3.05) is 6.61 Å². The fourth-order valence-corrected chi connectivity index (χ4v) is 2.26. The van der Waals surface area contributed by atoms with E-state index in [1.807, 2.05) is 0 Å². The van der Waals surface area contributed by atoms with E-state index < -0.39 is 5.97 Å². The lowest BCUT2D eigenvalue weighted by atomic mass is 10.2. The van der Waals surface area contributed by atoms with Crippen molar-refractivity contribution in [2.24, 2.45) is 5.16 Å². The Balaban J connectivity index is 1.85. The molecule has 0 unspecified atom stereocenters. The summed E-state index contributed by atoms with van der Waals surface area (Å²) in [5.74, 6) is 0.745. The Labute approximate surface area is 147 Å². The first-order valence-corrected chi connectivity index (χ1v) is 8.45. The van der Waals surface area contributed by atoms with Gasteiger partial charge in [-0.3, -0.25) is 0 Å². The third-order valence-corrected chi connectivity index (χ3v) is 3.65. The van der Waals surface area contributed by atoms with Gasteiger partial charge in [0.15, 0.2) is 0 Å². The molecule has 5 heteroatoms. The lowest BCUT2D eigenvalue weighted by Gasteiger charge is -2.07. The summed E-state index contributed by atoms with van der Waals surface area (Å²) in [6, 6.07) is 13.6. The van der Waals surface area contributed by atoms with Crippen LogP contribution >= 0.6 is 0 Å². The van der Waals surface area contributed by atoms with Crippen LogP contribution in [0.4, 0.5) is 0 Å². The number of hydrogen-bond donors (Lipinski definition) is 1. The van der Waals surface area contributed by atoms with E-state index in [0.29, 0.717) is 23.5 Å². The van der Waals surface area contributed by atoms with Crippen LogP contribution in [0.2, 0.25) is 0 Å². The Kier molecular flexibility index (Phi) is 7.50. The lowest BCUT2D eigenvalue weighted by Crippen LogP contribution is -2.08. The van der Waals surface area contributed by atoms with Gasteiger partial charge in [-0.1, -0.05) is 31.3 Å². The minimum Gasteiger partial charge on any atom is -0.494 e.